The van der Waals surface area contributed by atoms with Crippen LogP contribution in [0.5, 0.6) is 0 Å². The van der Waals surface area contributed by atoms with Gasteiger partial charge in [0.15, 0.2) is 5.16 Å². The van der Waals surface area contributed by atoms with Gasteiger partial charge in [-0.3, -0.25) is 14.2 Å². The molecule has 0 saturated carbocycles. The number of aryl methyl sites for hydroxylation is 1. The highest BCUT2D eigenvalue weighted by Gasteiger charge is 2.15. The van der Waals surface area contributed by atoms with Crippen LogP contribution in [0.4, 0.5) is 5.69 Å². The number of nitrogens with two attached hydrogens (primary N) is 1. The van der Waals surface area contributed by atoms with E-state index in [9.17, 15) is 18.0 Å². The van der Waals surface area contributed by atoms with E-state index in [1.807, 2.05) is 0 Å². The van der Waals surface area contributed by atoms with Crippen LogP contribution >= 0.6 is 11.8 Å². The molecule has 30 heavy (non-hydrogen) atoms. The molecule has 3 N–H and O–H groups in total. The predicted octanol–water partition coefficient (Wildman–Crippen LogP) is 2.27. The number of carbonyl (C=O) groups excluding carboxylic acids is 1. The number of amides is 1. The number of primary sulfonamides is 1. The molecule has 3 aromatic rings. The van der Waals surface area contributed by atoms with E-state index >= 15 is 0 Å². The van der Waals surface area contributed by atoms with Crippen molar-refractivity contribution in [1.82, 2.24) is 9.55 Å². The number of aromatic nitrogens is 2. The summed E-state index contributed by atoms with van der Waals surface area (Å²) in [6, 6.07) is 11.5. The Kier molecular flexibility index (Phi) is 6.40. The Hall–Kier alpha value is -2.95. The molecule has 0 spiro atoms. The lowest BCUT2D eigenvalue weighted by atomic mass is 10.2. The van der Waals surface area contributed by atoms with Crippen molar-refractivity contribution in [3.8, 4) is 0 Å². The highest BCUT2D eigenvalue weighted by atomic mass is 32.2. The van der Waals surface area contributed by atoms with Gasteiger partial charge in [0.2, 0.25) is 15.9 Å². The molecule has 0 bridgehead atoms. The fourth-order valence-corrected chi connectivity index (χ4v) is 4.48. The van der Waals surface area contributed by atoms with Gasteiger partial charge in [-0.05, 0) is 36.8 Å². The maximum atomic E-state index is 12.7. The molecular formula is C20H20N4O4S2. The van der Waals surface area contributed by atoms with Crippen molar-refractivity contribution in [2.24, 2.45) is 5.14 Å². The third kappa shape index (κ3) is 4.78. The molecule has 0 aliphatic heterocycles. The number of nitrogens with one attached hydrogen (secondary N) is 1. The molecule has 1 amide bonds. The number of para-hydroxylation sites is 1. The molecule has 156 valence electrons. The first-order valence-electron chi connectivity index (χ1n) is 8.87. The van der Waals surface area contributed by atoms with E-state index in [0.717, 1.165) is 11.8 Å². The third-order valence-electron chi connectivity index (χ3n) is 4.25. The van der Waals surface area contributed by atoms with Crippen molar-refractivity contribution in [3.05, 3.63) is 71.0 Å². The largest absolute Gasteiger partial charge is 0.325 e. The number of fused-ring (bicyclic) bond motifs is 1. The molecule has 0 saturated heterocycles. The summed E-state index contributed by atoms with van der Waals surface area (Å²) in [5.74, 6) is -0.405. The van der Waals surface area contributed by atoms with Crippen molar-refractivity contribution in [2.75, 3.05) is 11.1 Å². The quantitative estimate of drug-likeness (QED) is 0.327. The number of anilines is 1. The van der Waals surface area contributed by atoms with Crippen LogP contribution in [0.1, 0.15) is 5.56 Å². The van der Waals surface area contributed by atoms with E-state index in [-0.39, 0.29) is 28.7 Å². The Labute approximate surface area is 177 Å². The van der Waals surface area contributed by atoms with Crippen molar-refractivity contribution in [1.29, 1.82) is 0 Å². The van der Waals surface area contributed by atoms with E-state index in [2.05, 4.69) is 16.9 Å². The summed E-state index contributed by atoms with van der Waals surface area (Å²) in [4.78, 5) is 29.6. The highest BCUT2D eigenvalue weighted by molar-refractivity contribution is 7.99. The van der Waals surface area contributed by atoms with Gasteiger partial charge in [-0.2, -0.15) is 0 Å². The van der Waals surface area contributed by atoms with Crippen LogP contribution in [0, 0.1) is 6.92 Å². The molecule has 0 unspecified atom stereocenters. The van der Waals surface area contributed by atoms with Gasteiger partial charge in [0.05, 0.1) is 21.6 Å². The smallest absolute Gasteiger partial charge is 0.262 e. The minimum absolute atomic E-state index is 0.0273. The minimum Gasteiger partial charge on any atom is -0.325 e. The Balaban J connectivity index is 1.81. The normalized spacial score (nSPS) is 11.4. The Morgan fingerprint density at radius 1 is 1.30 bits per heavy atom. The van der Waals surface area contributed by atoms with E-state index in [4.69, 9.17) is 5.14 Å². The van der Waals surface area contributed by atoms with Gasteiger partial charge in [-0.15, -0.1) is 6.58 Å². The fraction of sp³-hybridized carbons (Fsp3) is 0.150. The predicted molar refractivity (Wildman–Crippen MR) is 118 cm³/mol. The number of nitrogens with zero attached hydrogens (tertiary/aromatic N) is 2. The molecule has 10 heteroatoms. The van der Waals surface area contributed by atoms with Crippen molar-refractivity contribution >= 4 is 44.3 Å². The molecule has 1 heterocycles. The van der Waals surface area contributed by atoms with Gasteiger partial charge in [0.1, 0.15) is 0 Å². The number of thioether (sulfide) groups is 1. The molecule has 1 aromatic heterocycles. The molecule has 2 aromatic carbocycles. The average molecular weight is 445 g/mol. The second-order valence-electron chi connectivity index (χ2n) is 6.48. The molecule has 0 aliphatic rings. The van der Waals surface area contributed by atoms with E-state index < -0.39 is 10.0 Å². The lowest BCUT2D eigenvalue weighted by Crippen LogP contribution is -2.23. The number of hydrogen-bond acceptors (Lipinski definition) is 6. The van der Waals surface area contributed by atoms with Crippen LogP contribution in [0.3, 0.4) is 0 Å². The molecule has 0 radical (unpaired) electrons. The zero-order valence-corrected chi connectivity index (χ0v) is 17.8. The van der Waals surface area contributed by atoms with Crippen molar-refractivity contribution in [3.63, 3.8) is 0 Å². The summed E-state index contributed by atoms with van der Waals surface area (Å²) in [5, 5.41) is 8.72. The first-order chi connectivity index (χ1) is 14.2. The Morgan fingerprint density at radius 3 is 2.73 bits per heavy atom. The van der Waals surface area contributed by atoms with Gasteiger partial charge < -0.3 is 5.32 Å². The zero-order chi connectivity index (χ0) is 21.9. The summed E-state index contributed by atoms with van der Waals surface area (Å²) >= 11 is 1.11. The van der Waals surface area contributed by atoms with Gasteiger partial charge >= 0.3 is 0 Å². The number of rotatable bonds is 7. The maximum absolute atomic E-state index is 12.7. The first kappa shape index (κ1) is 21.8. The third-order valence-corrected chi connectivity index (χ3v) is 6.28. The SMILES string of the molecule is C=CCn1c(SCC(=O)Nc2ccc(C)c(S(N)(=O)=O)c2)nc2ccccc2c1=O. The van der Waals surface area contributed by atoms with Crippen LogP contribution in [-0.4, -0.2) is 29.6 Å². The number of allylic oxidation sites excluding steroid dienone is 1. The summed E-state index contributed by atoms with van der Waals surface area (Å²) in [5.41, 5.74) is 1.13. The second kappa shape index (κ2) is 8.82. The Bertz CT molecular complexity index is 1300. The van der Waals surface area contributed by atoms with Crippen LogP contribution in [0.25, 0.3) is 10.9 Å². The summed E-state index contributed by atoms with van der Waals surface area (Å²) in [6.07, 6.45) is 1.59. The van der Waals surface area contributed by atoms with Gasteiger partial charge in [0.25, 0.3) is 5.56 Å². The van der Waals surface area contributed by atoms with Crippen molar-refractivity contribution < 1.29 is 13.2 Å². The fourth-order valence-electron chi connectivity index (χ4n) is 2.86. The van der Waals surface area contributed by atoms with Crippen LogP contribution in [-0.2, 0) is 21.4 Å². The lowest BCUT2D eigenvalue weighted by molar-refractivity contribution is -0.113. The summed E-state index contributed by atoms with van der Waals surface area (Å²) < 4.78 is 24.8. The average Bonchev–Trinajstić information content (AvgIpc) is 2.69. The molecule has 0 aliphatic carbocycles. The lowest BCUT2D eigenvalue weighted by Gasteiger charge is -2.12. The van der Waals surface area contributed by atoms with E-state index in [1.165, 1.54) is 10.6 Å². The van der Waals surface area contributed by atoms with E-state index in [0.29, 0.717) is 27.3 Å². The molecule has 8 nitrogen and oxygen atoms in total. The number of hydrogen-bond donors (Lipinski definition) is 2. The first-order valence-corrected chi connectivity index (χ1v) is 11.4. The summed E-state index contributed by atoms with van der Waals surface area (Å²) in [7, 11) is -3.90. The second-order valence-corrected chi connectivity index (χ2v) is 8.95. The number of benzene rings is 2. The van der Waals surface area contributed by atoms with Crippen LogP contribution in [0.2, 0.25) is 0 Å². The highest BCUT2D eigenvalue weighted by Crippen LogP contribution is 2.21. The topological polar surface area (TPSA) is 124 Å². The van der Waals surface area contributed by atoms with Crippen LogP contribution in [0.15, 0.2) is 70.0 Å². The molecule has 0 atom stereocenters. The molecular weight excluding hydrogens is 424 g/mol. The molecule has 0 fully saturated rings. The Morgan fingerprint density at radius 2 is 2.03 bits per heavy atom. The maximum Gasteiger partial charge on any atom is 0.262 e. The standard InChI is InChI=1S/C20H20N4O4S2/c1-3-10-24-19(26)15-6-4-5-7-16(15)23-20(24)29-12-18(25)22-14-9-8-13(2)17(11-14)30(21,27)28/h3-9,11H,1,10,12H2,2H3,(H,22,25)(H2,21,27,28). The van der Waals surface area contributed by atoms with E-state index in [1.54, 1.807) is 49.4 Å². The van der Waals surface area contributed by atoms with Gasteiger partial charge in [-0.25, -0.2) is 18.5 Å². The molecule has 3 rings (SSSR count). The van der Waals surface area contributed by atoms with Crippen molar-refractivity contribution in [2.45, 2.75) is 23.5 Å². The number of sulfonamides is 1. The van der Waals surface area contributed by atoms with Gasteiger partial charge in [-0.1, -0.05) is 36.0 Å². The van der Waals surface area contributed by atoms with Gasteiger partial charge in [0, 0.05) is 12.2 Å². The minimum atomic E-state index is -3.90. The summed E-state index contributed by atoms with van der Waals surface area (Å²) in [6.45, 7) is 5.55. The zero-order valence-electron chi connectivity index (χ0n) is 16.2. The number of carbonyl (C=O) groups is 1. The monoisotopic (exact) mass is 444 g/mol. The van der Waals surface area contributed by atoms with Crippen LogP contribution < -0.4 is 16.0 Å².